The van der Waals surface area contributed by atoms with Crippen molar-refractivity contribution in [3.05, 3.63) is 64.8 Å². The molecular weight excluding hydrogens is 376 g/mol. The lowest BCUT2D eigenvalue weighted by atomic mass is 10.2. The number of nitrogens with one attached hydrogen (secondary N) is 1. The van der Waals surface area contributed by atoms with Gasteiger partial charge in [0.25, 0.3) is 5.91 Å². The molecule has 0 aliphatic carbocycles. The van der Waals surface area contributed by atoms with Crippen LogP contribution in [-0.4, -0.2) is 38.7 Å². The van der Waals surface area contributed by atoms with Gasteiger partial charge in [-0.25, -0.2) is 14.6 Å². The normalized spacial score (nSPS) is 10.7. The van der Waals surface area contributed by atoms with Gasteiger partial charge in [-0.3, -0.25) is 4.79 Å². The third-order valence-electron chi connectivity index (χ3n) is 4.39. The van der Waals surface area contributed by atoms with Gasteiger partial charge in [-0.05, 0) is 56.7 Å². The van der Waals surface area contributed by atoms with Crippen molar-refractivity contribution in [3.63, 3.8) is 0 Å². The van der Waals surface area contributed by atoms with Crippen LogP contribution in [0.2, 0.25) is 5.02 Å². The molecule has 3 aromatic rings. The minimum absolute atomic E-state index is 0.125. The van der Waals surface area contributed by atoms with E-state index < -0.39 is 0 Å². The number of carbonyl (C=O) groups excluding carboxylic acids is 1. The maximum absolute atomic E-state index is 12.4. The molecule has 0 spiro atoms. The summed E-state index contributed by atoms with van der Waals surface area (Å²) in [6.07, 6.45) is 1.78. The second kappa shape index (κ2) is 8.84. The summed E-state index contributed by atoms with van der Waals surface area (Å²) >= 11 is 5.92. The molecule has 3 rings (SSSR count). The molecule has 2 aromatic heterocycles. The highest BCUT2D eigenvalue weighted by molar-refractivity contribution is 6.30. The van der Waals surface area contributed by atoms with Gasteiger partial charge < -0.3 is 10.2 Å². The van der Waals surface area contributed by atoms with Crippen molar-refractivity contribution in [2.75, 3.05) is 18.0 Å². The average molecular weight is 399 g/mol. The topological polar surface area (TPSA) is 75.9 Å². The molecule has 0 unspecified atom stereocenters. The van der Waals surface area contributed by atoms with Crippen molar-refractivity contribution >= 4 is 23.3 Å². The van der Waals surface area contributed by atoms with Crippen molar-refractivity contribution in [1.29, 1.82) is 0 Å². The SMILES string of the molecule is CCN(CC)c1ccc(CNC(=O)c2nc(C)n(-c3ccc(Cl)cc3)n2)cn1. The Hall–Kier alpha value is -2.93. The monoisotopic (exact) mass is 398 g/mol. The smallest absolute Gasteiger partial charge is 0.291 e. The quantitative estimate of drug-likeness (QED) is 0.660. The number of nitrogens with zero attached hydrogens (tertiary/aromatic N) is 5. The summed E-state index contributed by atoms with van der Waals surface area (Å²) in [5, 5.41) is 7.79. The molecule has 0 bridgehead atoms. The van der Waals surface area contributed by atoms with Gasteiger partial charge >= 0.3 is 0 Å². The fraction of sp³-hybridized carbons (Fsp3) is 0.300. The predicted molar refractivity (Wildman–Crippen MR) is 110 cm³/mol. The lowest BCUT2D eigenvalue weighted by Gasteiger charge is -2.19. The average Bonchev–Trinajstić information content (AvgIpc) is 3.10. The van der Waals surface area contributed by atoms with Crippen LogP contribution >= 0.6 is 11.6 Å². The minimum atomic E-state index is -0.330. The van der Waals surface area contributed by atoms with Crippen LogP contribution in [-0.2, 0) is 6.54 Å². The zero-order chi connectivity index (χ0) is 20.1. The van der Waals surface area contributed by atoms with E-state index >= 15 is 0 Å². The molecule has 0 fully saturated rings. The van der Waals surface area contributed by atoms with E-state index in [0.717, 1.165) is 30.2 Å². The number of rotatable bonds is 7. The Kier molecular flexibility index (Phi) is 6.26. The molecule has 2 heterocycles. The number of aryl methyl sites for hydroxylation is 1. The third-order valence-corrected chi connectivity index (χ3v) is 4.64. The zero-order valence-electron chi connectivity index (χ0n) is 16.2. The van der Waals surface area contributed by atoms with Crippen LogP contribution in [0.25, 0.3) is 5.69 Å². The number of hydrogen-bond donors (Lipinski definition) is 1. The number of benzene rings is 1. The van der Waals surface area contributed by atoms with Gasteiger partial charge in [-0.15, -0.1) is 5.10 Å². The van der Waals surface area contributed by atoms with E-state index in [1.165, 1.54) is 0 Å². The number of amides is 1. The van der Waals surface area contributed by atoms with Crippen molar-refractivity contribution in [1.82, 2.24) is 25.1 Å². The molecule has 0 saturated heterocycles. The van der Waals surface area contributed by atoms with E-state index in [9.17, 15) is 4.79 Å². The van der Waals surface area contributed by atoms with E-state index in [2.05, 4.69) is 39.1 Å². The van der Waals surface area contributed by atoms with Crippen LogP contribution in [0.5, 0.6) is 0 Å². The third kappa shape index (κ3) is 4.48. The molecule has 1 amide bonds. The molecule has 1 aromatic carbocycles. The van der Waals surface area contributed by atoms with Gasteiger partial charge in [-0.1, -0.05) is 17.7 Å². The van der Waals surface area contributed by atoms with Crippen LogP contribution in [0.3, 0.4) is 0 Å². The first-order valence-electron chi connectivity index (χ1n) is 9.19. The first kappa shape index (κ1) is 19.8. The number of carbonyl (C=O) groups is 1. The summed E-state index contributed by atoms with van der Waals surface area (Å²) in [4.78, 5) is 23.3. The highest BCUT2D eigenvalue weighted by Gasteiger charge is 2.15. The molecule has 0 aliphatic heterocycles. The summed E-state index contributed by atoms with van der Waals surface area (Å²) in [7, 11) is 0. The molecule has 0 saturated carbocycles. The summed E-state index contributed by atoms with van der Waals surface area (Å²) < 4.78 is 1.62. The standard InChI is InChI=1S/C20H23ClN6O/c1-4-26(5-2)18-11-6-15(12-22-18)13-23-20(28)19-24-14(3)27(25-19)17-9-7-16(21)8-10-17/h6-12H,4-5,13H2,1-3H3,(H,23,28). The Morgan fingerprint density at radius 2 is 1.86 bits per heavy atom. The van der Waals surface area contributed by atoms with Gasteiger partial charge in [0, 0.05) is 30.9 Å². The minimum Gasteiger partial charge on any atom is -0.357 e. The number of hydrogen-bond acceptors (Lipinski definition) is 5. The lowest BCUT2D eigenvalue weighted by Crippen LogP contribution is -2.25. The second-order valence-corrected chi connectivity index (χ2v) is 6.69. The fourth-order valence-electron chi connectivity index (χ4n) is 2.83. The van der Waals surface area contributed by atoms with E-state index in [4.69, 9.17) is 11.6 Å². The van der Waals surface area contributed by atoms with Crippen LogP contribution in [0.15, 0.2) is 42.6 Å². The number of aromatic nitrogens is 4. The number of anilines is 1. The van der Waals surface area contributed by atoms with Crippen molar-refractivity contribution in [2.24, 2.45) is 0 Å². The Morgan fingerprint density at radius 1 is 1.14 bits per heavy atom. The van der Waals surface area contributed by atoms with Gasteiger partial charge in [0.2, 0.25) is 5.82 Å². The molecule has 28 heavy (non-hydrogen) atoms. The van der Waals surface area contributed by atoms with Crippen molar-refractivity contribution in [2.45, 2.75) is 27.3 Å². The summed E-state index contributed by atoms with van der Waals surface area (Å²) in [5.74, 6) is 1.35. The molecule has 7 nitrogen and oxygen atoms in total. The first-order valence-corrected chi connectivity index (χ1v) is 9.57. The molecule has 8 heteroatoms. The summed E-state index contributed by atoms with van der Waals surface area (Å²) in [6, 6.07) is 11.1. The number of pyridine rings is 1. The maximum atomic E-state index is 12.4. The molecule has 0 aliphatic rings. The Morgan fingerprint density at radius 3 is 2.46 bits per heavy atom. The summed E-state index contributed by atoms with van der Waals surface area (Å²) in [6.45, 7) is 8.16. The van der Waals surface area contributed by atoms with Crippen LogP contribution < -0.4 is 10.2 Å². The van der Waals surface area contributed by atoms with Crippen molar-refractivity contribution < 1.29 is 4.79 Å². The van der Waals surface area contributed by atoms with Crippen LogP contribution in [0.4, 0.5) is 5.82 Å². The molecule has 1 N–H and O–H groups in total. The van der Waals surface area contributed by atoms with Crippen LogP contribution in [0.1, 0.15) is 35.9 Å². The highest BCUT2D eigenvalue weighted by Crippen LogP contribution is 2.14. The lowest BCUT2D eigenvalue weighted by molar-refractivity contribution is 0.0940. The Bertz CT molecular complexity index is 932. The van der Waals surface area contributed by atoms with Crippen LogP contribution in [0, 0.1) is 6.92 Å². The van der Waals surface area contributed by atoms with Gasteiger partial charge in [0.05, 0.1) is 5.69 Å². The number of halogens is 1. The molecular formula is C20H23ClN6O. The predicted octanol–water partition coefficient (Wildman–Crippen LogP) is 3.40. The van der Waals surface area contributed by atoms with Gasteiger partial charge in [0.15, 0.2) is 0 Å². The molecule has 146 valence electrons. The first-order chi connectivity index (χ1) is 13.5. The van der Waals surface area contributed by atoms with Gasteiger partial charge in [-0.2, -0.15) is 0 Å². The summed E-state index contributed by atoms with van der Waals surface area (Å²) in [5.41, 5.74) is 1.71. The molecule has 0 atom stereocenters. The fourth-order valence-corrected chi connectivity index (χ4v) is 2.96. The second-order valence-electron chi connectivity index (χ2n) is 6.25. The van der Waals surface area contributed by atoms with Gasteiger partial charge in [0.1, 0.15) is 11.6 Å². The maximum Gasteiger partial charge on any atom is 0.291 e. The van der Waals surface area contributed by atoms with Crippen molar-refractivity contribution in [3.8, 4) is 5.69 Å². The Balaban J connectivity index is 1.65. The van der Waals surface area contributed by atoms with E-state index in [-0.39, 0.29) is 11.7 Å². The largest absolute Gasteiger partial charge is 0.357 e. The van der Waals surface area contributed by atoms with E-state index in [0.29, 0.717) is 17.4 Å². The zero-order valence-corrected chi connectivity index (χ0v) is 16.9. The van der Waals surface area contributed by atoms with E-state index in [1.54, 1.807) is 29.9 Å². The van der Waals surface area contributed by atoms with E-state index in [1.807, 2.05) is 24.3 Å². The Labute approximate surface area is 169 Å². The highest BCUT2D eigenvalue weighted by atomic mass is 35.5. The molecule has 0 radical (unpaired) electrons.